The van der Waals surface area contributed by atoms with Crippen molar-refractivity contribution in [1.29, 1.82) is 0 Å². The van der Waals surface area contributed by atoms with Crippen molar-refractivity contribution in [2.24, 2.45) is 0 Å². The molecule has 0 unspecified atom stereocenters. The van der Waals surface area contributed by atoms with Gasteiger partial charge >= 0.3 is 0 Å². The molecular formula is C18H21NO3S. The molecule has 0 spiro atoms. The van der Waals surface area contributed by atoms with Crippen LogP contribution < -0.4 is 14.8 Å². The van der Waals surface area contributed by atoms with Gasteiger partial charge in [-0.15, -0.1) is 0 Å². The summed E-state index contributed by atoms with van der Waals surface area (Å²) in [5.74, 6) is 3.00. The van der Waals surface area contributed by atoms with Crippen molar-refractivity contribution in [3.8, 4) is 11.5 Å². The molecule has 1 amide bonds. The number of carbonyl (C=O) groups excluding carboxylic acids is 1. The summed E-state index contributed by atoms with van der Waals surface area (Å²) in [6.45, 7) is 0.664. The first kappa shape index (κ1) is 17.2. The highest BCUT2D eigenvalue weighted by Crippen LogP contribution is 2.15. The molecule has 0 radical (unpaired) electrons. The van der Waals surface area contributed by atoms with Gasteiger partial charge in [-0.1, -0.05) is 18.2 Å². The molecule has 0 heterocycles. The Labute approximate surface area is 141 Å². The van der Waals surface area contributed by atoms with E-state index in [1.54, 1.807) is 18.9 Å². The van der Waals surface area contributed by atoms with Gasteiger partial charge < -0.3 is 14.8 Å². The molecule has 1 N–H and O–H groups in total. The molecular weight excluding hydrogens is 310 g/mol. The van der Waals surface area contributed by atoms with E-state index in [4.69, 9.17) is 9.47 Å². The zero-order chi connectivity index (χ0) is 16.3. The van der Waals surface area contributed by atoms with Gasteiger partial charge in [-0.2, -0.15) is 11.8 Å². The monoisotopic (exact) mass is 331 g/mol. The highest BCUT2D eigenvalue weighted by atomic mass is 32.2. The number of methoxy groups -OCH3 is 1. The Morgan fingerprint density at radius 2 is 1.78 bits per heavy atom. The third-order valence-corrected chi connectivity index (χ3v) is 4.10. The van der Waals surface area contributed by atoms with Crippen LogP contribution in [0.25, 0.3) is 0 Å². The second kappa shape index (κ2) is 9.79. The van der Waals surface area contributed by atoms with E-state index in [-0.39, 0.29) is 5.91 Å². The summed E-state index contributed by atoms with van der Waals surface area (Å²) in [6.07, 6.45) is 0.912. The Balaban J connectivity index is 1.56. The van der Waals surface area contributed by atoms with Gasteiger partial charge in [-0.05, 0) is 48.6 Å². The van der Waals surface area contributed by atoms with E-state index in [0.29, 0.717) is 12.4 Å². The number of amides is 1. The number of carbonyl (C=O) groups is 1. The van der Waals surface area contributed by atoms with Gasteiger partial charge in [-0.3, -0.25) is 4.79 Å². The molecule has 2 rings (SSSR count). The van der Waals surface area contributed by atoms with E-state index in [2.05, 4.69) is 5.32 Å². The fraction of sp³-hybridized carbons (Fsp3) is 0.278. The van der Waals surface area contributed by atoms with Crippen molar-refractivity contribution in [3.05, 3.63) is 54.6 Å². The third-order valence-electron chi connectivity index (χ3n) is 3.05. The lowest BCUT2D eigenvalue weighted by Gasteiger charge is -2.07. The number of nitrogens with one attached hydrogen (secondary N) is 1. The molecule has 0 bridgehead atoms. The minimum absolute atomic E-state index is 0.00384. The maximum absolute atomic E-state index is 11.8. The first-order valence-electron chi connectivity index (χ1n) is 7.47. The molecule has 4 nitrogen and oxygen atoms in total. The molecule has 2 aromatic rings. The summed E-state index contributed by atoms with van der Waals surface area (Å²) in [4.78, 5) is 11.8. The van der Waals surface area contributed by atoms with Crippen molar-refractivity contribution in [3.63, 3.8) is 0 Å². The molecule has 0 aliphatic carbocycles. The van der Waals surface area contributed by atoms with Gasteiger partial charge in [0.1, 0.15) is 11.5 Å². The van der Waals surface area contributed by atoms with E-state index in [0.717, 1.165) is 29.4 Å². The average Bonchev–Trinajstić information content (AvgIpc) is 2.59. The Hall–Kier alpha value is -2.14. The zero-order valence-electron chi connectivity index (χ0n) is 13.2. The molecule has 23 heavy (non-hydrogen) atoms. The second-order valence-corrected chi connectivity index (χ2v) is 5.95. The number of hydrogen-bond donors (Lipinski definition) is 1. The van der Waals surface area contributed by atoms with Crippen LogP contribution in [0.5, 0.6) is 11.5 Å². The molecule has 2 aromatic carbocycles. The minimum Gasteiger partial charge on any atom is -0.497 e. The largest absolute Gasteiger partial charge is 0.497 e. The van der Waals surface area contributed by atoms with E-state index >= 15 is 0 Å². The highest BCUT2D eigenvalue weighted by molar-refractivity contribution is 7.99. The topological polar surface area (TPSA) is 47.6 Å². The normalized spacial score (nSPS) is 10.1. The van der Waals surface area contributed by atoms with Gasteiger partial charge in [0.05, 0.1) is 19.5 Å². The smallest absolute Gasteiger partial charge is 0.234 e. The van der Waals surface area contributed by atoms with Gasteiger partial charge in [0.25, 0.3) is 0 Å². The van der Waals surface area contributed by atoms with Crippen LogP contribution in [0, 0.1) is 0 Å². The van der Waals surface area contributed by atoms with E-state index in [1.165, 1.54) is 0 Å². The number of para-hydroxylation sites is 1. The van der Waals surface area contributed by atoms with Crippen LogP contribution in [-0.2, 0) is 4.79 Å². The fourth-order valence-corrected chi connectivity index (χ4v) is 2.63. The Bertz CT molecular complexity index is 587. The third kappa shape index (κ3) is 6.65. The predicted molar refractivity (Wildman–Crippen MR) is 95.5 cm³/mol. The summed E-state index contributed by atoms with van der Waals surface area (Å²) in [6, 6.07) is 17.0. The van der Waals surface area contributed by atoms with Crippen molar-refractivity contribution in [2.45, 2.75) is 6.42 Å². The highest BCUT2D eigenvalue weighted by Gasteiger charge is 2.03. The number of anilines is 1. The lowest BCUT2D eigenvalue weighted by atomic mass is 10.3. The van der Waals surface area contributed by atoms with Crippen molar-refractivity contribution in [1.82, 2.24) is 0 Å². The van der Waals surface area contributed by atoms with Crippen molar-refractivity contribution >= 4 is 23.4 Å². The first-order chi connectivity index (χ1) is 11.3. The number of rotatable bonds is 9. The number of benzene rings is 2. The van der Waals surface area contributed by atoms with E-state index in [1.807, 2.05) is 54.6 Å². The van der Waals surface area contributed by atoms with Gasteiger partial charge in [0.2, 0.25) is 5.91 Å². The molecule has 0 atom stereocenters. The zero-order valence-corrected chi connectivity index (χ0v) is 14.0. The Kier molecular flexibility index (Phi) is 7.33. The summed E-state index contributed by atoms with van der Waals surface area (Å²) in [5.41, 5.74) is 0.781. The molecule has 0 saturated heterocycles. The van der Waals surface area contributed by atoms with Crippen LogP contribution in [0.1, 0.15) is 6.42 Å². The molecule has 0 aliphatic rings. The second-order valence-electron chi connectivity index (χ2n) is 4.84. The summed E-state index contributed by atoms with van der Waals surface area (Å²) >= 11 is 1.61. The quantitative estimate of drug-likeness (QED) is 0.709. The maximum Gasteiger partial charge on any atom is 0.234 e. The predicted octanol–water partition coefficient (Wildman–Crippen LogP) is 3.84. The summed E-state index contributed by atoms with van der Waals surface area (Å²) in [5, 5.41) is 2.86. The number of hydrogen-bond acceptors (Lipinski definition) is 4. The lowest BCUT2D eigenvalue weighted by Crippen LogP contribution is -2.14. The van der Waals surface area contributed by atoms with Crippen molar-refractivity contribution < 1.29 is 14.3 Å². The molecule has 0 fully saturated rings. The Morgan fingerprint density at radius 3 is 2.48 bits per heavy atom. The van der Waals surface area contributed by atoms with Crippen LogP contribution in [0.2, 0.25) is 0 Å². The maximum atomic E-state index is 11.8. The molecule has 122 valence electrons. The SMILES string of the molecule is COc1ccc(NC(=O)CSCCCOc2ccccc2)cc1. The van der Waals surface area contributed by atoms with Crippen LogP contribution >= 0.6 is 11.8 Å². The number of thioether (sulfide) groups is 1. The molecule has 0 aliphatic heterocycles. The fourth-order valence-electron chi connectivity index (χ4n) is 1.90. The standard InChI is InChI=1S/C18H21NO3S/c1-21-16-10-8-15(9-11-16)19-18(20)14-23-13-5-12-22-17-6-3-2-4-7-17/h2-4,6-11H,5,12-14H2,1H3,(H,19,20). The summed E-state index contributed by atoms with van der Waals surface area (Å²) < 4.78 is 10.7. The van der Waals surface area contributed by atoms with Gasteiger partial charge in [0.15, 0.2) is 0 Å². The van der Waals surface area contributed by atoms with Crippen molar-refractivity contribution in [2.75, 3.05) is 30.5 Å². The minimum atomic E-state index is 0.00384. The number of ether oxygens (including phenoxy) is 2. The van der Waals surface area contributed by atoms with Crippen LogP contribution in [0.3, 0.4) is 0 Å². The molecule has 5 heteroatoms. The van der Waals surface area contributed by atoms with Crippen LogP contribution in [0.15, 0.2) is 54.6 Å². The van der Waals surface area contributed by atoms with Gasteiger partial charge in [0, 0.05) is 5.69 Å². The van der Waals surface area contributed by atoms with E-state index < -0.39 is 0 Å². The Morgan fingerprint density at radius 1 is 1.04 bits per heavy atom. The van der Waals surface area contributed by atoms with Crippen LogP contribution in [-0.4, -0.2) is 31.1 Å². The first-order valence-corrected chi connectivity index (χ1v) is 8.63. The van der Waals surface area contributed by atoms with Crippen LogP contribution in [0.4, 0.5) is 5.69 Å². The lowest BCUT2D eigenvalue weighted by molar-refractivity contribution is -0.113. The average molecular weight is 331 g/mol. The summed E-state index contributed by atoms with van der Waals surface area (Å²) in [7, 11) is 1.62. The molecule has 0 saturated carbocycles. The molecule has 0 aromatic heterocycles. The van der Waals surface area contributed by atoms with E-state index in [9.17, 15) is 4.79 Å². The van der Waals surface area contributed by atoms with Gasteiger partial charge in [-0.25, -0.2) is 0 Å².